The van der Waals surface area contributed by atoms with Crippen molar-refractivity contribution in [1.29, 1.82) is 0 Å². The summed E-state index contributed by atoms with van der Waals surface area (Å²) in [5.41, 5.74) is 1.05. The maximum Gasteiger partial charge on any atom is 0.330 e. The van der Waals surface area contributed by atoms with Crippen LogP contribution in [0.15, 0.2) is 36.5 Å². The number of carbonyl (C=O) groups excluding carboxylic acids is 2. The van der Waals surface area contributed by atoms with Crippen molar-refractivity contribution in [3.8, 4) is 0 Å². The van der Waals surface area contributed by atoms with Crippen molar-refractivity contribution in [2.45, 2.75) is 20.3 Å². The Kier molecular flexibility index (Phi) is 6.89. The minimum absolute atomic E-state index is 0.172. The van der Waals surface area contributed by atoms with E-state index in [0.717, 1.165) is 11.6 Å². The van der Waals surface area contributed by atoms with Crippen LogP contribution < -0.4 is 0 Å². The van der Waals surface area contributed by atoms with Crippen LogP contribution in [0.1, 0.15) is 20.3 Å². The monoisotopic (exact) mass is 208 g/mol. The van der Waals surface area contributed by atoms with Crippen molar-refractivity contribution in [1.82, 2.24) is 0 Å². The molecule has 3 heteroatoms. The van der Waals surface area contributed by atoms with Gasteiger partial charge in [0.25, 0.3) is 0 Å². The molecule has 0 aromatic rings. The largest absolute Gasteiger partial charge is 0.462 e. The SMILES string of the molecule is C=C/C(C)=C/CCOC(=O)/C=C/C(C)=O. The van der Waals surface area contributed by atoms with Crippen LogP contribution in [-0.2, 0) is 14.3 Å². The molecule has 0 rings (SSSR count). The van der Waals surface area contributed by atoms with Crippen LogP contribution in [0.4, 0.5) is 0 Å². The van der Waals surface area contributed by atoms with Crippen molar-refractivity contribution in [2.75, 3.05) is 6.61 Å². The Morgan fingerprint density at radius 1 is 1.27 bits per heavy atom. The topological polar surface area (TPSA) is 43.4 Å². The number of allylic oxidation sites excluding steroid dienone is 3. The van der Waals surface area contributed by atoms with Crippen molar-refractivity contribution in [2.24, 2.45) is 0 Å². The standard InChI is InChI=1S/C12H16O3/c1-4-10(2)6-5-9-15-12(14)8-7-11(3)13/h4,6-8H,1,5,9H2,2-3H3/b8-7+,10-6+. The first-order valence-electron chi connectivity index (χ1n) is 4.71. The Hall–Kier alpha value is -1.64. The summed E-state index contributed by atoms with van der Waals surface area (Å²) < 4.78 is 4.83. The number of rotatable bonds is 6. The summed E-state index contributed by atoms with van der Waals surface area (Å²) in [6, 6.07) is 0. The maximum atomic E-state index is 11.0. The predicted molar refractivity (Wildman–Crippen MR) is 59.4 cm³/mol. The molecule has 0 aliphatic carbocycles. The van der Waals surface area contributed by atoms with Crippen molar-refractivity contribution in [3.63, 3.8) is 0 Å². The summed E-state index contributed by atoms with van der Waals surface area (Å²) in [4.78, 5) is 21.5. The zero-order valence-electron chi connectivity index (χ0n) is 9.16. The van der Waals surface area contributed by atoms with E-state index in [1.165, 1.54) is 13.0 Å². The summed E-state index contributed by atoms with van der Waals surface area (Å²) in [6.07, 6.45) is 6.63. The number of hydrogen-bond acceptors (Lipinski definition) is 3. The van der Waals surface area contributed by atoms with E-state index in [9.17, 15) is 9.59 Å². The molecule has 0 spiro atoms. The third-order valence-electron chi connectivity index (χ3n) is 1.60. The van der Waals surface area contributed by atoms with Gasteiger partial charge in [-0.1, -0.05) is 24.3 Å². The molecule has 0 N–H and O–H groups in total. The molecule has 82 valence electrons. The third-order valence-corrected chi connectivity index (χ3v) is 1.60. The fourth-order valence-electron chi connectivity index (χ4n) is 0.763. The lowest BCUT2D eigenvalue weighted by molar-refractivity contribution is -0.137. The second-order valence-corrected chi connectivity index (χ2v) is 3.05. The Morgan fingerprint density at radius 2 is 1.93 bits per heavy atom. The van der Waals surface area contributed by atoms with Crippen LogP contribution in [0.25, 0.3) is 0 Å². The van der Waals surface area contributed by atoms with Crippen molar-refractivity contribution in [3.05, 3.63) is 36.5 Å². The van der Waals surface area contributed by atoms with Crippen molar-refractivity contribution < 1.29 is 14.3 Å². The predicted octanol–water partition coefficient (Wildman–Crippen LogP) is 2.20. The molecule has 0 amide bonds. The van der Waals surface area contributed by atoms with Gasteiger partial charge in [0, 0.05) is 12.5 Å². The molecular weight excluding hydrogens is 192 g/mol. The number of ether oxygens (including phenoxy) is 1. The Bertz CT molecular complexity index is 298. The summed E-state index contributed by atoms with van der Waals surface area (Å²) >= 11 is 0. The maximum absolute atomic E-state index is 11.0. The highest BCUT2D eigenvalue weighted by Gasteiger charge is 1.95. The first-order valence-corrected chi connectivity index (χ1v) is 4.71. The van der Waals surface area contributed by atoms with Crippen LogP contribution in [-0.4, -0.2) is 18.4 Å². The smallest absolute Gasteiger partial charge is 0.330 e. The first kappa shape index (κ1) is 13.4. The quantitative estimate of drug-likeness (QED) is 0.291. The van der Waals surface area contributed by atoms with E-state index in [-0.39, 0.29) is 5.78 Å². The molecule has 0 saturated carbocycles. The van der Waals surface area contributed by atoms with Crippen LogP contribution in [0.2, 0.25) is 0 Å². The Morgan fingerprint density at radius 3 is 2.47 bits per heavy atom. The second kappa shape index (κ2) is 7.74. The van der Waals surface area contributed by atoms with Crippen LogP contribution in [0.5, 0.6) is 0 Å². The third kappa shape index (κ3) is 8.68. The highest BCUT2D eigenvalue weighted by molar-refractivity contribution is 5.94. The Balaban J connectivity index is 3.73. The highest BCUT2D eigenvalue weighted by atomic mass is 16.5. The van der Waals surface area contributed by atoms with E-state index in [1.54, 1.807) is 6.08 Å². The van der Waals surface area contributed by atoms with Crippen LogP contribution >= 0.6 is 0 Å². The van der Waals surface area contributed by atoms with E-state index >= 15 is 0 Å². The lowest BCUT2D eigenvalue weighted by Gasteiger charge is -1.98. The zero-order chi connectivity index (χ0) is 11.7. The molecule has 0 aliphatic heterocycles. The van der Waals surface area contributed by atoms with Gasteiger partial charge in [-0.2, -0.15) is 0 Å². The van der Waals surface area contributed by atoms with E-state index < -0.39 is 5.97 Å². The summed E-state index contributed by atoms with van der Waals surface area (Å²) in [7, 11) is 0. The second-order valence-electron chi connectivity index (χ2n) is 3.05. The first-order chi connectivity index (χ1) is 7.06. The van der Waals surface area contributed by atoms with Gasteiger partial charge in [0.1, 0.15) is 0 Å². The van der Waals surface area contributed by atoms with Gasteiger partial charge in [-0.15, -0.1) is 0 Å². The Labute approximate surface area is 90.1 Å². The molecule has 0 fully saturated rings. The lowest BCUT2D eigenvalue weighted by atomic mass is 10.2. The lowest BCUT2D eigenvalue weighted by Crippen LogP contribution is -2.02. The van der Waals surface area contributed by atoms with Gasteiger partial charge in [-0.25, -0.2) is 4.79 Å². The normalized spacial score (nSPS) is 11.5. The highest BCUT2D eigenvalue weighted by Crippen LogP contribution is 1.96. The molecule has 0 aliphatic rings. The molecule has 3 nitrogen and oxygen atoms in total. The van der Waals surface area contributed by atoms with Crippen LogP contribution in [0, 0.1) is 0 Å². The molecule has 0 aromatic heterocycles. The van der Waals surface area contributed by atoms with Gasteiger partial charge < -0.3 is 4.74 Å². The molecule has 0 bridgehead atoms. The van der Waals surface area contributed by atoms with Gasteiger partial charge in [0.15, 0.2) is 5.78 Å². The number of ketones is 1. The minimum Gasteiger partial charge on any atom is -0.462 e. The van der Waals surface area contributed by atoms with Crippen molar-refractivity contribution >= 4 is 11.8 Å². The fraction of sp³-hybridized carbons (Fsp3) is 0.333. The summed E-state index contributed by atoms with van der Waals surface area (Å²) in [6.45, 7) is 7.21. The summed E-state index contributed by atoms with van der Waals surface area (Å²) in [5, 5.41) is 0. The van der Waals surface area contributed by atoms with Crippen LogP contribution in [0.3, 0.4) is 0 Å². The molecule has 0 radical (unpaired) electrons. The van der Waals surface area contributed by atoms with E-state index in [4.69, 9.17) is 4.74 Å². The number of carbonyl (C=O) groups is 2. The minimum atomic E-state index is -0.491. The van der Waals surface area contributed by atoms with Gasteiger partial charge in [-0.05, 0) is 19.9 Å². The molecule has 0 heterocycles. The molecule has 0 unspecified atom stereocenters. The number of esters is 1. The number of hydrogen-bond donors (Lipinski definition) is 0. The van der Waals surface area contributed by atoms with Gasteiger partial charge >= 0.3 is 5.97 Å². The fourth-order valence-corrected chi connectivity index (χ4v) is 0.763. The van der Waals surface area contributed by atoms with E-state index in [2.05, 4.69) is 6.58 Å². The zero-order valence-corrected chi connectivity index (χ0v) is 9.16. The molecule has 0 aromatic carbocycles. The molecule has 0 atom stereocenters. The average molecular weight is 208 g/mol. The van der Waals surface area contributed by atoms with Gasteiger partial charge in [0.05, 0.1) is 6.61 Å². The molecule has 15 heavy (non-hydrogen) atoms. The molecular formula is C12H16O3. The van der Waals surface area contributed by atoms with E-state index in [0.29, 0.717) is 13.0 Å². The molecule has 0 saturated heterocycles. The van der Waals surface area contributed by atoms with E-state index in [1.807, 2.05) is 13.0 Å². The van der Waals surface area contributed by atoms with Gasteiger partial charge in [-0.3, -0.25) is 4.79 Å². The average Bonchev–Trinajstić information content (AvgIpc) is 2.21. The summed E-state index contributed by atoms with van der Waals surface area (Å²) in [5.74, 6) is -0.663. The van der Waals surface area contributed by atoms with Gasteiger partial charge in [0.2, 0.25) is 0 Å².